The lowest BCUT2D eigenvalue weighted by molar-refractivity contribution is 0.175. The third kappa shape index (κ3) is 1.89. The minimum atomic E-state index is -0.967. The highest BCUT2D eigenvalue weighted by Crippen LogP contribution is 2.02. The van der Waals surface area contributed by atoms with Gasteiger partial charge in [0.05, 0.1) is 12.6 Å². The molecule has 0 aliphatic carbocycles. The Morgan fingerprint density at radius 2 is 2.56 bits per heavy atom. The molecule has 0 saturated carbocycles. The molecule has 1 saturated heterocycles. The van der Waals surface area contributed by atoms with Crippen molar-refractivity contribution in [1.82, 2.24) is 5.32 Å². The third-order valence-corrected chi connectivity index (χ3v) is 1.26. The van der Waals surface area contributed by atoms with Crippen molar-refractivity contribution in [1.29, 1.82) is 0 Å². The molecule has 4 heteroatoms. The standard InChI is InChI=1S/C5H9NO3/c7-5(8)6-4-1-2-9-3-4/h4,6H,1-3H2,(H,7,8). The van der Waals surface area contributed by atoms with Crippen molar-refractivity contribution in [2.45, 2.75) is 12.5 Å². The van der Waals surface area contributed by atoms with Crippen LogP contribution in [0.3, 0.4) is 0 Å². The summed E-state index contributed by atoms with van der Waals surface area (Å²) in [6, 6.07) is 0.0162. The van der Waals surface area contributed by atoms with E-state index >= 15 is 0 Å². The number of ether oxygens (including phenoxy) is 1. The predicted molar refractivity (Wildman–Crippen MR) is 30.4 cm³/mol. The fraction of sp³-hybridized carbons (Fsp3) is 0.800. The van der Waals surface area contributed by atoms with Gasteiger partial charge >= 0.3 is 6.09 Å². The van der Waals surface area contributed by atoms with E-state index in [1.807, 2.05) is 0 Å². The maximum atomic E-state index is 9.99. The first kappa shape index (κ1) is 6.35. The molecule has 1 amide bonds. The number of rotatable bonds is 1. The Morgan fingerprint density at radius 1 is 1.78 bits per heavy atom. The lowest BCUT2D eigenvalue weighted by Gasteiger charge is -2.04. The molecular formula is C5H9NO3. The zero-order valence-corrected chi connectivity index (χ0v) is 4.96. The second kappa shape index (κ2) is 2.68. The summed E-state index contributed by atoms with van der Waals surface area (Å²) < 4.78 is 4.93. The van der Waals surface area contributed by atoms with E-state index in [4.69, 9.17) is 9.84 Å². The summed E-state index contributed by atoms with van der Waals surface area (Å²) >= 11 is 0. The molecule has 1 fully saturated rings. The van der Waals surface area contributed by atoms with Gasteiger partial charge < -0.3 is 15.2 Å². The Hall–Kier alpha value is -0.770. The van der Waals surface area contributed by atoms with Crippen LogP contribution in [0.15, 0.2) is 0 Å². The minimum absolute atomic E-state index is 0.0162. The van der Waals surface area contributed by atoms with Gasteiger partial charge in [0.15, 0.2) is 0 Å². The van der Waals surface area contributed by atoms with E-state index in [0.717, 1.165) is 6.42 Å². The topological polar surface area (TPSA) is 58.6 Å². The quantitative estimate of drug-likeness (QED) is 0.528. The average Bonchev–Trinajstić information content (AvgIpc) is 2.15. The van der Waals surface area contributed by atoms with E-state index in [9.17, 15) is 4.79 Å². The molecule has 1 aliphatic rings. The zero-order chi connectivity index (χ0) is 6.69. The normalized spacial score (nSPS) is 26.0. The molecule has 4 nitrogen and oxygen atoms in total. The highest BCUT2D eigenvalue weighted by atomic mass is 16.5. The summed E-state index contributed by atoms with van der Waals surface area (Å²) in [5.74, 6) is 0. The smallest absolute Gasteiger partial charge is 0.404 e. The Labute approximate surface area is 52.8 Å². The van der Waals surface area contributed by atoms with E-state index in [0.29, 0.717) is 13.2 Å². The summed E-state index contributed by atoms with van der Waals surface area (Å²) in [6.07, 6.45) is -0.169. The minimum Gasteiger partial charge on any atom is -0.465 e. The number of nitrogens with one attached hydrogen (secondary N) is 1. The van der Waals surface area contributed by atoms with E-state index in [1.165, 1.54) is 0 Å². The second-order valence-electron chi connectivity index (χ2n) is 2.01. The molecule has 0 aromatic carbocycles. The van der Waals surface area contributed by atoms with Crippen LogP contribution in [-0.2, 0) is 4.74 Å². The fourth-order valence-electron chi connectivity index (χ4n) is 0.823. The lowest BCUT2D eigenvalue weighted by atomic mass is 10.3. The van der Waals surface area contributed by atoms with Crippen molar-refractivity contribution in [3.63, 3.8) is 0 Å². The van der Waals surface area contributed by atoms with E-state index in [1.54, 1.807) is 0 Å². The van der Waals surface area contributed by atoms with E-state index < -0.39 is 6.09 Å². The van der Waals surface area contributed by atoms with Crippen molar-refractivity contribution in [3.05, 3.63) is 0 Å². The number of hydrogen-bond donors (Lipinski definition) is 2. The highest BCUT2D eigenvalue weighted by molar-refractivity contribution is 5.64. The Kier molecular flexibility index (Phi) is 1.89. The van der Waals surface area contributed by atoms with E-state index in [2.05, 4.69) is 5.32 Å². The highest BCUT2D eigenvalue weighted by Gasteiger charge is 2.16. The van der Waals surface area contributed by atoms with Gasteiger partial charge in [0.1, 0.15) is 0 Å². The zero-order valence-electron chi connectivity index (χ0n) is 4.96. The molecule has 0 bridgehead atoms. The van der Waals surface area contributed by atoms with Gasteiger partial charge in [0.25, 0.3) is 0 Å². The van der Waals surface area contributed by atoms with Crippen LogP contribution in [0.4, 0.5) is 4.79 Å². The van der Waals surface area contributed by atoms with Gasteiger partial charge in [0.2, 0.25) is 0 Å². The molecule has 1 rings (SSSR count). The number of carboxylic acid groups (broad SMARTS) is 1. The molecule has 0 spiro atoms. The van der Waals surface area contributed by atoms with Crippen LogP contribution in [0.5, 0.6) is 0 Å². The maximum absolute atomic E-state index is 9.99. The number of hydrogen-bond acceptors (Lipinski definition) is 2. The molecule has 1 unspecified atom stereocenters. The van der Waals surface area contributed by atoms with Gasteiger partial charge in [0, 0.05) is 6.61 Å². The van der Waals surface area contributed by atoms with Crippen LogP contribution in [0.2, 0.25) is 0 Å². The van der Waals surface area contributed by atoms with Gasteiger partial charge in [-0.25, -0.2) is 4.79 Å². The van der Waals surface area contributed by atoms with Gasteiger partial charge in [-0.1, -0.05) is 0 Å². The molecule has 52 valence electrons. The van der Waals surface area contributed by atoms with Crippen LogP contribution < -0.4 is 5.32 Å². The fourth-order valence-corrected chi connectivity index (χ4v) is 0.823. The third-order valence-electron chi connectivity index (χ3n) is 1.26. The summed E-state index contributed by atoms with van der Waals surface area (Å²) in [5.41, 5.74) is 0. The first-order valence-corrected chi connectivity index (χ1v) is 2.86. The van der Waals surface area contributed by atoms with Gasteiger partial charge in [-0.15, -0.1) is 0 Å². The van der Waals surface area contributed by atoms with Crippen LogP contribution in [0.25, 0.3) is 0 Å². The maximum Gasteiger partial charge on any atom is 0.404 e. The number of carbonyl (C=O) groups is 1. The van der Waals surface area contributed by atoms with Crippen molar-refractivity contribution >= 4 is 6.09 Å². The van der Waals surface area contributed by atoms with Crippen molar-refractivity contribution in [3.8, 4) is 0 Å². The Morgan fingerprint density at radius 3 is 3.00 bits per heavy atom. The predicted octanol–water partition coefficient (Wildman–Crippen LogP) is 0.0429. The Balaban J connectivity index is 2.19. The molecule has 0 aromatic rings. The Bertz CT molecular complexity index is 109. The monoisotopic (exact) mass is 131 g/mol. The van der Waals surface area contributed by atoms with Crippen molar-refractivity contribution in [2.24, 2.45) is 0 Å². The van der Waals surface area contributed by atoms with Crippen LogP contribution in [0, 0.1) is 0 Å². The average molecular weight is 131 g/mol. The molecule has 9 heavy (non-hydrogen) atoms. The van der Waals surface area contributed by atoms with Crippen molar-refractivity contribution < 1.29 is 14.6 Å². The first-order valence-electron chi connectivity index (χ1n) is 2.86. The summed E-state index contributed by atoms with van der Waals surface area (Å²) in [4.78, 5) is 9.99. The number of amides is 1. The lowest BCUT2D eigenvalue weighted by Crippen LogP contribution is -2.33. The van der Waals surface area contributed by atoms with Gasteiger partial charge in [-0.05, 0) is 6.42 Å². The summed E-state index contributed by atoms with van der Waals surface area (Å²) in [6.45, 7) is 1.19. The van der Waals surface area contributed by atoms with Gasteiger partial charge in [-0.3, -0.25) is 0 Å². The molecule has 0 aromatic heterocycles. The van der Waals surface area contributed by atoms with Crippen molar-refractivity contribution in [2.75, 3.05) is 13.2 Å². The first-order chi connectivity index (χ1) is 4.29. The summed E-state index contributed by atoms with van der Waals surface area (Å²) in [5, 5.41) is 10.5. The second-order valence-corrected chi connectivity index (χ2v) is 2.01. The molecule has 1 heterocycles. The molecule has 2 N–H and O–H groups in total. The van der Waals surface area contributed by atoms with Crippen LogP contribution in [-0.4, -0.2) is 30.5 Å². The van der Waals surface area contributed by atoms with E-state index in [-0.39, 0.29) is 6.04 Å². The SMILES string of the molecule is O=C(O)NC1CCOC1. The molecule has 1 atom stereocenters. The molecular weight excluding hydrogens is 122 g/mol. The largest absolute Gasteiger partial charge is 0.465 e. The van der Waals surface area contributed by atoms with Crippen LogP contribution in [0.1, 0.15) is 6.42 Å². The van der Waals surface area contributed by atoms with Crippen LogP contribution >= 0.6 is 0 Å². The molecule has 0 radical (unpaired) electrons. The summed E-state index contributed by atoms with van der Waals surface area (Å²) in [7, 11) is 0. The van der Waals surface area contributed by atoms with Gasteiger partial charge in [-0.2, -0.15) is 0 Å². The molecule has 1 aliphatic heterocycles.